The van der Waals surface area contributed by atoms with Crippen molar-refractivity contribution in [1.82, 2.24) is 4.57 Å². The lowest BCUT2D eigenvalue weighted by molar-refractivity contribution is 0.103. The molecule has 0 N–H and O–H groups in total. The van der Waals surface area contributed by atoms with Gasteiger partial charge in [-0.1, -0.05) is 103 Å². The Labute approximate surface area is 196 Å². The van der Waals surface area contributed by atoms with Gasteiger partial charge in [0.25, 0.3) is 0 Å². The summed E-state index contributed by atoms with van der Waals surface area (Å²) in [4.78, 5) is 13.7. The fourth-order valence-corrected chi connectivity index (χ4v) is 6.59. The summed E-state index contributed by atoms with van der Waals surface area (Å²) in [6.45, 7) is 0. The first-order valence-corrected chi connectivity index (χ1v) is 11.7. The molecule has 1 aromatic heterocycles. The maximum Gasteiger partial charge on any atom is 0.193 e. The molecular formula is C32H19NO. The summed E-state index contributed by atoms with van der Waals surface area (Å²) in [5.74, 6) is 0.104. The molecule has 8 rings (SSSR count). The van der Waals surface area contributed by atoms with E-state index in [-0.39, 0.29) is 5.78 Å². The first-order chi connectivity index (χ1) is 16.8. The molecule has 2 heteroatoms. The minimum absolute atomic E-state index is 0.104. The number of carbonyl (C=O) groups is 1. The number of hydrogen-bond acceptors (Lipinski definition) is 1. The Morgan fingerprint density at radius 3 is 1.82 bits per heavy atom. The topological polar surface area (TPSA) is 22.0 Å². The van der Waals surface area contributed by atoms with Crippen molar-refractivity contribution >= 4 is 27.6 Å². The summed E-state index contributed by atoms with van der Waals surface area (Å²) in [7, 11) is 0. The summed E-state index contributed by atoms with van der Waals surface area (Å²) in [5.41, 5.74) is 9.19. The van der Waals surface area contributed by atoms with E-state index in [2.05, 4.69) is 95.6 Å². The standard InChI is InChI=1S/C32H19NO/c34-31-22-11-1-4-14-24(22)32(25-15-5-2-12-23(25)31)26-16-6-8-19-29(26)33-28-18-7-3-10-20(28)21-13-9-17-27(32)30(21)33/h1-19H. The molecule has 2 aliphatic rings. The van der Waals surface area contributed by atoms with Gasteiger partial charge in [0.15, 0.2) is 5.78 Å². The van der Waals surface area contributed by atoms with Crippen LogP contribution in [0.3, 0.4) is 0 Å². The van der Waals surface area contributed by atoms with Gasteiger partial charge in [-0.3, -0.25) is 4.79 Å². The van der Waals surface area contributed by atoms with Crippen LogP contribution in [0.2, 0.25) is 0 Å². The van der Waals surface area contributed by atoms with Crippen LogP contribution in [-0.2, 0) is 5.41 Å². The quantitative estimate of drug-likeness (QED) is 0.252. The second-order valence-electron chi connectivity index (χ2n) is 9.24. The van der Waals surface area contributed by atoms with E-state index in [9.17, 15) is 4.79 Å². The highest BCUT2D eigenvalue weighted by Gasteiger charge is 2.50. The van der Waals surface area contributed by atoms with Crippen molar-refractivity contribution in [3.05, 3.63) is 149 Å². The minimum atomic E-state index is -0.568. The summed E-state index contributed by atoms with van der Waals surface area (Å²) in [6, 6.07) is 40.4. The van der Waals surface area contributed by atoms with Gasteiger partial charge < -0.3 is 4.57 Å². The molecule has 2 heterocycles. The number of carbonyl (C=O) groups excluding carboxylic acids is 1. The fourth-order valence-electron chi connectivity index (χ4n) is 6.59. The predicted molar refractivity (Wildman–Crippen MR) is 136 cm³/mol. The summed E-state index contributed by atoms with van der Waals surface area (Å²) in [5, 5.41) is 2.49. The van der Waals surface area contributed by atoms with Crippen LogP contribution in [0.4, 0.5) is 0 Å². The van der Waals surface area contributed by atoms with E-state index in [1.165, 1.54) is 38.6 Å². The van der Waals surface area contributed by atoms with Gasteiger partial charge in [-0.25, -0.2) is 0 Å². The Hall–Kier alpha value is -4.43. The number of fused-ring (bicyclic) bond motifs is 11. The molecule has 0 fully saturated rings. The third kappa shape index (κ3) is 1.89. The monoisotopic (exact) mass is 433 g/mol. The summed E-state index contributed by atoms with van der Waals surface area (Å²) < 4.78 is 2.42. The van der Waals surface area contributed by atoms with Crippen molar-refractivity contribution in [1.29, 1.82) is 0 Å². The van der Waals surface area contributed by atoms with Gasteiger partial charge in [-0.05, 0) is 34.4 Å². The second kappa shape index (κ2) is 6.12. The first kappa shape index (κ1) is 18.0. The van der Waals surface area contributed by atoms with Crippen molar-refractivity contribution < 1.29 is 4.79 Å². The zero-order valence-corrected chi connectivity index (χ0v) is 18.3. The maximum atomic E-state index is 13.7. The van der Waals surface area contributed by atoms with Crippen molar-refractivity contribution in [2.45, 2.75) is 5.41 Å². The molecular weight excluding hydrogens is 414 g/mol. The van der Waals surface area contributed by atoms with E-state index in [1.807, 2.05) is 24.3 Å². The average Bonchev–Trinajstić information content (AvgIpc) is 3.25. The van der Waals surface area contributed by atoms with Crippen LogP contribution in [0.15, 0.2) is 115 Å². The Bertz CT molecular complexity index is 1790. The molecule has 2 nitrogen and oxygen atoms in total. The molecule has 0 atom stereocenters. The van der Waals surface area contributed by atoms with Crippen LogP contribution < -0.4 is 0 Å². The maximum absolute atomic E-state index is 13.7. The van der Waals surface area contributed by atoms with E-state index in [0.29, 0.717) is 0 Å². The largest absolute Gasteiger partial charge is 0.309 e. The smallest absolute Gasteiger partial charge is 0.193 e. The van der Waals surface area contributed by atoms with E-state index >= 15 is 0 Å². The minimum Gasteiger partial charge on any atom is -0.309 e. The van der Waals surface area contributed by atoms with Crippen LogP contribution >= 0.6 is 0 Å². The Morgan fingerprint density at radius 2 is 1.06 bits per heavy atom. The highest BCUT2D eigenvalue weighted by molar-refractivity contribution is 6.16. The number of ketones is 1. The molecule has 0 amide bonds. The zero-order valence-electron chi connectivity index (χ0n) is 18.3. The Kier molecular flexibility index (Phi) is 3.25. The van der Waals surface area contributed by atoms with Gasteiger partial charge in [0.2, 0.25) is 0 Å². The van der Waals surface area contributed by atoms with Gasteiger partial charge in [-0.2, -0.15) is 0 Å². The van der Waals surface area contributed by atoms with E-state index in [1.54, 1.807) is 0 Å². The highest BCUT2D eigenvalue weighted by Crippen LogP contribution is 2.57. The first-order valence-electron chi connectivity index (χ1n) is 11.7. The SMILES string of the molecule is O=C1c2ccccc2C2(c3ccccc31)c1ccccc1-n1c3ccccc3c3cccc2c31. The zero-order chi connectivity index (χ0) is 22.4. The summed E-state index contributed by atoms with van der Waals surface area (Å²) >= 11 is 0. The van der Waals surface area contributed by atoms with Crippen molar-refractivity contribution in [2.75, 3.05) is 0 Å². The molecule has 5 aromatic carbocycles. The van der Waals surface area contributed by atoms with E-state index in [0.717, 1.165) is 22.3 Å². The van der Waals surface area contributed by atoms with Crippen LogP contribution in [-0.4, -0.2) is 10.4 Å². The Morgan fingerprint density at radius 1 is 0.500 bits per heavy atom. The average molecular weight is 434 g/mol. The van der Waals surface area contributed by atoms with E-state index < -0.39 is 5.41 Å². The molecule has 1 aliphatic carbocycles. The molecule has 1 spiro atoms. The van der Waals surface area contributed by atoms with Crippen LogP contribution in [0.5, 0.6) is 0 Å². The molecule has 158 valence electrons. The third-order valence-electron chi connectivity index (χ3n) is 7.80. The molecule has 1 aliphatic heterocycles. The van der Waals surface area contributed by atoms with Crippen LogP contribution in [0.25, 0.3) is 27.5 Å². The molecule has 34 heavy (non-hydrogen) atoms. The normalized spacial score (nSPS) is 14.8. The molecule has 0 saturated carbocycles. The predicted octanol–water partition coefficient (Wildman–Crippen LogP) is 7.02. The molecule has 0 unspecified atom stereocenters. The van der Waals surface area contributed by atoms with Crippen LogP contribution in [0, 0.1) is 0 Å². The van der Waals surface area contributed by atoms with Crippen LogP contribution in [0.1, 0.15) is 38.2 Å². The molecule has 0 bridgehead atoms. The van der Waals surface area contributed by atoms with Gasteiger partial charge in [0.05, 0.1) is 22.1 Å². The summed E-state index contributed by atoms with van der Waals surface area (Å²) in [6.07, 6.45) is 0. The molecule has 0 saturated heterocycles. The van der Waals surface area contributed by atoms with Gasteiger partial charge in [0.1, 0.15) is 0 Å². The lowest BCUT2D eigenvalue weighted by atomic mass is 9.58. The number of aromatic nitrogens is 1. The number of benzene rings is 5. The van der Waals surface area contributed by atoms with Gasteiger partial charge in [0, 0.05) is 21.9 Å². The third-order valence-corrected chi connectivity index (χ3v) is 7.80. The van der Waals surface area contributed by atoms with Gasteiger partial charge in [-0.15, -0.1) is 0 Å². The number of nitrogens with zero attached hydrogens (tertiary/aromatic N) is 1. The molecule has 0 radical (unpaired) electrons. The molecule has 6 aromatic rings. The number of hydrogen-bond donors (Lipinski definition) is 0. The van der Waals surface area contributed by atoms with Crippen molar-refractivity contribution in [2.24, 2.45) is 0 Å². The lowest BCUT2D eigenvalue weighted by Gasteiger charge is -2.45. The van der Waals surface area contributed by atoms with Crippen molar-refractivity contribution in [3.63, 3.8) is 0 Å². The van der Waals surface area contributed by atoms with Crippen molar-refractivity contribution in [3.8, 4) is 5.69 Å². The fraction of sp³-hybridized carbons (Fsp3) is 0.0312. The Balaban J connectivity index is 1.71. The second-order valence-corrected chi connectivity index (χ2v) is 9.24. The lowest BCUT2D eigenvalue weighted by Crippen LogP contribution is -2.40. The number of para-hydroxylation sites is 3. The van der Waals surface area contributed by atoms with Gasteiger partial charge >= 0.3 is 0 Å². The highest BCUT2D eigenvalue weighted by atomic mass is 16.1. The number of rotatable bonds is 0. The van der Waals surface area contributed by atoms with E-state index in [4.69, 9.17) is 0 Å².